The number of aromatic nitrogens is 2. The van der Waals surface area contributed by atoms with Crippen molar-refractivity contribution in [2.24, 2.45) is 0 Å². The minimum atomic E-state index is -0.193. The highest BCUT2D eigenvalue weighted by Crippen LogP contribution is 2.20. The monoisotopic (exact) mass is 423 g/mol. The van der Waals surface area contributed by atoms with Gasteiger partial charge in [-0.1, -0.05) is 48.0 Å². The van der Waals surface area contributed by atoms with Crippen LogP contribution in [-0.2, 0) is 6.42 Å². The molecule has 1 aromatic heterocycles. The summed E-state index contributed by atoms with van der Waals surface area (Å²) in [4.78, 5) is 25.5. The molecule has 1 amide bonds. The summed E-state index contributed by atoms with van der Waals surface area (Å²) in [6.45, 7) is 5.80. The zero-order chi connectivity index (χ0) is 22.7. The van der Waals surface area contributed by atoms with Gasteiger partial charge in [-0.05, 0) is 62.7 Å². The second-order valence-electron chi connectivity index (χ2n) is 7.93. The van der Waals surface area contributed by atoms with E-state index in [0.717, 1.165) is 28.9 Å². The molecule has 1 N–H and O–H groups in total. The lowest BCUT2D eigenvalue weighted by atomic mass is 10.0. The van der Waals surface area contributed by atoms with E-state index in [0.29, 0.717) is 16.8 Å². The molecule has 0 aliphatic carbocycles. The van der Waals surface area contributed by atoms with Crippen molar-refractivity contribution >= 4 is 17.5 Å². The van der Waals surface area contributed by atoms with Crippen LogP contribution in [0, 0.1) is 20.8 Å². The van der Waals surface area contributed by atoms with Crippen LogP contribution < -0.4 is 5.32 Å². The SMILES string of the molecule is Cc1cccc(C(=O)Nc2ccc(C(=O)n3nc(C)c(Cc4ccccc4)c3C)cc2)c1. The predicted octanol–water partition coefficient (Wildman–Crippen LogP) is 5.34. The Kier molecular flexibility index (Phi) is 5.99. The quantitative estimate of drug-likeness (QED) is 0.471. The molecular formula is C27H25N3O2. The van der Waals surface area contributed by atoms with Gasteiger partial charge in [0.05, 0.1) is 5.69 Å². The second-order valence-corrected chi connectivity index (χ2v) is 7.93. The van der Waals surface area contributed by atoms with E-state index in [2.05, 4.69) is 22.5 Å². The highest BCUT2D eigenvalue weighted by molar-refractivity contribution is 6.04. The van der Waals surface area contributed by atoms with Crippen LogP contribution in [0.4, 0.5) is 5.69 Å². The first kappa shape index (κ1) is 21.2. The number of benzene rings is 3. The molecule has 0 unspecified atom stereocenters. The molecule has 0 fully saturated rings. The molecule has 0 radical (unpaired) electrons. The Morgan fingerprint density at radius 3 is 2.25 bits per heavy atom. The van der Waals surface area contributed by atoms with Gasteiger partial charge in [-0.2, -0.15) is 5.10 Å². The maximum atomic E-state index is 13.1. The van der Waals surface area contributed by atoms with Gasteiger partial charge in [0, 0.05) is 34.5 Å². The van der Waals surface area contributed by atoms with Gasteiger partial charge in [0.25, 0.3) is 11.8 Å². The van der Waals surface area contributed by atoms with E-state index >= 15 is 0 Å². The topological polar surface area (TPSA) is 64.0 Å². The normalized spacial score (nSPS) is 10.7. The number of amides is 1. The lowest BCUT2D eigenvalue weighted by Gasteiger charge is -2.08. The number of rotatable bonds is 5. The van der Waals surface area contributed by atoms with E-state index in [4.69, 9.17) is 0 Å². The highest BCUT2D eigenvalue weighted by atomic mass is 16.2. The van der Waals surface area contributed by atoms with Crippen LogP contribution in [0.2, 0.25) is 0 Å². The zero-order valence-electron chi connectivity index (χ0n) is 18.4. The van der Waals surface area contributed by atoms with Crippen molar-refractivity contribution < 1.29 is 9.59 Å². The predicted molar refractivity (Wildman–Crippen MR) is 126 cm³/mol. The van der Waals surface area contributed by atoms with Gasteiger partial charge in [0.15, 0.2) is 0 Å². The number of anilines is 1. The molecule has 4 rings (SSSR count). The van der Waals surface area contributed by atoms with E-state index in [9.17, 15) is 9.59 Å². The maximum Gasteiger partial charge on any atom is 0.278 e. The number of aryl methyl sites for hydroxylation is 2. The average Bonchev–Trinajstić information content (AvgIpc) is 3.08. The fraction of sp³-hybridized carbons (Fsp3) is 0.148. The average molecular weight is 424 g/mol. The number of nitrogens with one attached hydrogen (secondary N) is 1. The minimum absolute atomic E-state index is 0.183. The molecule has 0 saturated heterocycles. The van der Waals surface area contributed by atoms with Crippen LogP contribution in [0.5, 0.6) is 0 Å². The number of carbonyl (C=O) groups excluding carboxylic acids is 2. The smallest absolute Gasteiger partial charge is 0.278 e. The van der Waals surface area contributed by atoms with Gasteiger partial charge < -0.3 is 5.32 Å². The lowest BCUT2D eigenvalue weighted by Crippen LogP contribution is -2.16. The Hall–Kier alpha value is -3.99. The Bertz CT molecular complexity index is 1270. The summed E-state index contributed by atoms with van der Waals surface area (Å²) in [5.41, 5.74) is 6.69. The summed E-state index contributed by atoms with van der Waals surface area (Å²) in [5, 5.41) is 7.37. The highest BCUT2D eigenvalue weighted by Gasteiger charge is 2.18. The van der Waals surface area contributed by atoms with Crippen LogP contribution in [0.15, 0.2) is 78.9 Å². The first-order valence-electron chi connectivity index (χ1n) is 10.5. The third-order valence-corrected chi connectivity index (χ3v) is 5.53. The van der Waals surface area contributed by atoms with Gasteiger partial charge in [0.2, 0.25) is 0 Å². The van der Waals surface area contributed by atoms with Crippen LogP contribution in [-0.4, -0.2) is 21.6 Å². The number of nitrogens with zero attached hydrogens (tertiary/aromatic N) is 2. The molecule has 0 bridgehead atoms. The molecule has 0 spiro atoms. The van der Waals surface area contributed by atoms with Crippen molar-refractivity contribution in [3.63, 3.8) is 0 Å². The first-order valence-corrected chi connectivity index (χ1v) is 10.5. The second kappa shape index (κ2) is 9.02. The molecular weight excluding hydrogens is 398 g/mol. The van der Waals surface area contributed by atoms with Crippen molar-refractivity contribution in [2.45, 2.75) is 27.2 Å². The molecule has 0 saturated carbocycles. The van der Waals surface area contributed by atoms with E-state index in [1.165, 1.54) is 10.2 Å². The van der Waals surface area contributed by atoms with E-state index in [1.807, 2.05) is 57.2 Å². The Morgan fingerprint density at radius 1 is 0.844 bits per heavy atom. The molecule has 1 heterocycles. The molecule has 160 valence electrons. The van der Waals surface area contributed by atoms with Crippen LogP contribution in [0.1, 0.15) is 48.8 Å². The molecule has 3 aromatic carbocycles. The lowest BCUT2D eigenvalue weighted by molar-refractivity contribution is 0.0941. The standard InChI is InChI=1S/C27H25N3O2/c1-18-8-7-11-23(16-18)26(31)28-24-14-12-22(13-15-24)27(32)30-20(3)25(19(2)29-30)17-21-9-5-4-6-10-21/h4-16H,17H2,1-3H3,(H,28,31). The summed E-state index contributed by atoms with van der Waals surface area (Å²) in [6.07, 6.45) is 0.732. The zero-order valence-corrected chi connectivity index (χ0v) is 18.4. The van der Waals surface area contributed by atoms with Crippen molar-refractivity contribution in [3.05, 3.63) is 118 Å². The summed E-state index contributed by atoms with van der Waals surface area (Å²) in [7, 11) is 0. The fourth-order valence-electron chi connectivity index (χ4n) is 3.74. The van der Waals surface area contributed by atoms with Gasteiger partial charge in [-0.25, -0.2) is 4.68 Å². The van der Waals surface area contributed by atoms with E-state index in [1.54, 1.807) is 30.3 Å². The van der Waals surface area contributed by atoms with Crippen molar-refractivity contribution in [3.8, 4) is 0 Å². The van der Waals surface area contributed by atoms with Gasteiger partial charge in [0.1, 0.15) is 0 Å². The van der Waals surface area contributed by atoms with Crippen molar-refractivity contribution in [1.82, 2.24) is 9.78 Å². The van der Waals surface area contributed by atoms with Gasteiger partial charge in [-0.3, -0.25) is 9.59 Å². The summed E-state index contributed by atoms with van der Waals surface area (Å²) < 4.78 is 1.47. The van der Waals surface area contributed by atoms with Gasteiger partial charge >= 0.3 is 0 Å². The molecule has 4 aromatic rings. The van der Waals surface area contributed by atoms with E-state index in [-0.39, 0.29) is 11.8 Å². The van der Waals surface area contributed by atoms with Crippen LogP contribution in [0.3, 0.4) is 0 Å². The Balaban J connectivity index is 1.50. The molecule has 0 aliphatic rings. The first-order chi connectivity index (χ1) is 15.4. The maximum absolute atomic E-state index is 13.1. The largest absolute Gasteiger partial charge is 0.322 e. The van der Waals surface area contributed by atoms with E-state index < -0.39 is 0 Å². The molecule has 32 heavy (non-hydrogen) atoms. The van der Waals surface area contributed by atoms with Crippen molar-refractivity contribution in [2.75, 3.05) is 5.32 Å². The third-order valence-electron chi connectivity index (χ3n) is 5.53. The van der Waals surface area contributed by atoms with Crippen LogP contribution in [0.25, 0.3) is 0 Å². The summed E-state index contributed by atoms with van der Waals surface area (Å²) in [5.74, 6) is -0.377. The Morgan fingerprint density at radius 2 is 1.56 bits per heavy atom. The number of hydrogen-bond donors (Lipinski definition) is 1. The summed E-state index contributed by atoms with van der Waals surface area (Å²) in [6, 6.07) is 24.4. The molecule has 5 nitrogen and oxygen atoms in total. The van der Waals surface area contributed by atoms with Crippen molar-refractivity contribution in [1.29, 1.82) is 0 Å². The molecule has 0 atom stereocenters. The number of hydrogen-bond acceptors (Lipinski definition) is 3. The molecule has 0 aliphatic heterocycles. The summed E-state index contributed by atoms with van der Waals surface area (Å²) >= 11 is 0. The Labute approximate surface area is 187 Å². The van der Waals surface area contributed by atoms with Gasteiger partial charge in [-0.15, -0.1) is 0 Å². The third kappa shape index (κ3) is 4.52. The van der Waals surface area contributed by atoms with Crippen LogP contribution >= 0.6 is 0 Å². The minimum Gasteiger partial charge on any atom is -0.322 e. The fourth-order valence-corrected chi connectivity index (χ4v) is 3.74. The molecule has 5 heteroatoms. The number of carbonyl (C=O) groups is 2.